The number of hydrogen-bond acceptors (Lipinski definition) is 6. The molecule has 40 heavy (non-hydrogen) atoms. The predicted molar refractivity (Wildman–Crippen MR) is 147 cm³/mol. The third-order valence-corrected chi connectivity index (χ3v) is 7.51. The van der Waals surface area contributed by atoms with Gasteiger partial charge in [-0.25, -0.2) is 4.57 Å². The molecule has 4 amide bonds. The molecule has 2 saturated heterocycles. The number of nitrogens with two attached hydrogens (primary N) is 1. The molecular formula is C27H39N4O8P. The van der Waals surface area contributed by atoms with Gasteiger partial charge in [-0.2, -0.15) is 0 Å². The van der Waals surface area contributed by atoms with Crippen LogP contribution in [0.25, 0.3) is 6.08 Å². The molecule has 2 fully saturated rings. The molecule has 2 aliphatic rings. The third kappa shape index (κ3) is 9.18. The van der Waals surface area contributed by atoms with Gasteiger partial charge in [-0.3, -0.25) is 29.0 Å². The van der Waals surface area contributed by atoms with E-state index in [0.29, 0.717) is 44.3 Å². The van der Waals surface area contributed by atoms with E-state index < -0.39 is 31.7 Å². The number of phosphoric acid groups is 1. The second-order valence-corrected chi connectivity index (χ2v) is 11.9. The smallest absolute Gasteiger partial charge is 0.404 e. The number of rotatable bonds is 12. The Morgan fingerprint density at radius 1 is 1.10 bits per heavy atom. The molecule has 2 aliphatic heterocycles. The molecule has 12 nitrogen and oxygen atoms in total. The summed E-state index contributed by atoms with van der Waals surface area (Å²) in [6.45, 7) is 4.91. The molecule has 5 N–H and O–H groups in total. The largest absolute Gasteiger partial charge is 0.524 e. The molecule has 0 aliphatic carbocycles. The van der Waals surface area contributed by atoms with Crippen molar-refractivity contribution >= 4 is 37.5 Å². The van der Waals surface area contributed by atoms with Gasteiger partial charge in [-0.15, -0.1) is 0 Å². The van der Waals surface area contributed by atoms with Gasteiger partial charge in [0.1, 0.15) is 17.8 Å². The molecule has 0 unspecified atom stereocenters. The number of hydrogen-bond donors (Lipinski definition) is 4. The first-order valence-corrected chi connectivity index (χ1v) is 15.1. The lowest BCUT2D eigenvalue weighted by molar-refractivity contribution is -0.146. The van der Waals surface area contributed by atoms with Crippen LogP contribution in [0.15, 0.2) is 30.3 Å². The van der Waals surface area contributed by atoms with Gasteiger partial charge in [0.05, 0.1) is 0 Å². The van der Waals surface area contributed by atoms with Crippen molar-refractivity contribution < 1.29 is 38.1 Å². The Balaban J connectivity index is 1.66. The van der Waals surface area contributed by atoms with Crippen LogP contribution >= 0.6 is 7.82 Å². The fourth-order valence-corrected chi connectivity index (χ4v) is 5.67. The monoisotopic (exact) mass is 578 g/mol. The first kappa shape index (κ1) is 31.3. The molecule has 0 bridgehead atoms. The molecule has 220 valence electrons. The van der Waals surface area contributed by atoms with Crippen molar-refractivity contribution in [1.82, 2.24) is 15.1 Å². The van der Waals surface area contributed by atoms with Crippen LogP contribution in [-0.4, -0.2) is 74.4 Å². The number of carbonyl (C=O) groups excluding carboxylic acids is 4. The molecule has 2 heterocycles. The molecule has 3 rings (SSSR count). The van der Waals surface area contributed by atoms with Crippen LogP contribution < -0.4 is 15.6 Å². The molecule has 3 atom stereocenters. The summed E-state index contributed by atoms with van der Waals surface area (Å²) in [6, 6.07) is 4.32. The minimum absolute atomic E-state index is 0.0136. The maximum Gasteiger partial charge on any atom is 0.524 e. The summed E-state index contributed by atoms with van der Waals surface area (Å²) in [5, 5.41) is 2.79. The lowest BCUT2D eigenvalue weighted by Crippen LogP contribution is -2.54. The van der Waals surface area contributed by atoms with Crippen molar-refractivity contribution in [2.24, 2.45) is 11.7 Å². The van der Waals surface area contributed by atoms with Crippen LogP contribution in [0.2, 0.25) is 0 Å². The normalized spacial score (nSPS) is 20.2. The van der Waals surface area contributed by atoms with Gasteiger partial charge < -0.3 is 25.4 Å². The number of likely N-dealkylation sites (tertiary alicyclic amines) is 2. The highest BCUT2D eigenvalue weighted by Crippen LogP contribution is 2.37. The highest BCUT2D eigenvalue weighted by molar-refractivity contribution is 7.46. The number of primary amides is 1. The number of benzene rings is 1. The molecular weight excluding hydrogens is 539 g/mol. The van der Waals surface area contributed by atoms with Crippen molar-refractivity contribution in [2.75, 3.05) is 13.1 Å². The number of nitrogens with zero attached hydrogens (tertiary/aromatic N) is 2. The maximum absolute atomic E-state index is 13.6. The summed E-state index contributed by atoms with van der Waals surface area (Å²) in [5.74, 6) is -1.20. The van der Waals surface area contributed by atoms with E-state index in [1.54, 1.807) is 9.80 Å². The van der Waals surface area contributed by atoms with Crippen molar-refractivity contribution in [1.29, 1.82) is 0 Å². The average molecular weight is 579 g/mol. The second kappa shape index (κ2) is 13.9. The van der Waals surface area contributed by atoms with Gasteiger partial charge in [0, 0.05) is 31.6 Å². The van der Waals surface area contributed by atoms with E-state index in [4.69, 9.17) is 15.5 Å². The van der Waals surface area contributed by atoms with Crippen LogP contribution in [-0.2, 0) is 23.7 Å². The number of nitrogens with one attached hydrogen (secondary N) is 1. The van der Waals surface area contributed by atoms with Gasteiger partial charge >= 0.3 is 7.82 Å². The Kier molecular flexibility index (Phi) is 10.9. The molecule has 1 aromatic rings. The average Bonchev–Trinajstić information content (AvgIpc) is 3.54. The van der Waals surface area contributed by atoms with E-state index in [2.05, 4.69) is 9.84 Å². The van der Waals surface area contributed by atoms with E-state index in [-0.39, 0.29) is 35.9 Å². The Labute approximate surface area is 234 Å². The third-order valence-electron chi connectivity index (χ3n) is 7.06. The summed E-state index contributed by atoms with van der Waals surface area (Å²) in [7, 11) is -4.67. The number of phosphoric ester groups is 1. The molecule has 0 radical (unpaired) electrons. The van der Waals surface area contributed by atoms with Gasteiger partial charge in [-0.1, -0.05) is 26.0 Å². The van der Waals surface area contributed by atoms with E-state index >= 15 is 0 Å². The van der Waals surface area contributed by atoms with Gasteiger partial charge in [-0.05, 0) is 68.2 Å². The van der Waals surface area contributed by atoms with Crippen molar-refractivity contribution in [2.45, 2.75) is 76.9 Å². The zero-order chi connectivity index (χ0) is 29.4. The fraction of sp³-hybridized carbons (Fsp3) is 0.556. The Bertz CT molecular complexity index is 1150. The Morgan fingerprint density at radius 3 is 2.38 bits per heavy atom. The van der Waals surface area contributed by atoms with Crippen molar-refractivity contribution in [3.63, 3.8) is 0 Å². The molecule has 0 saturated carbocycles. The highest BCUT2D eigenvalue weighted by atomic mass is 31.2. The molecule has 0 aromatic heterocycles. The summed E-state index contributed by atoms with van der Waals surface area (Å²) in [4.78, 5) is 72.3. The van der Waals surface area contributed by atoms with Crippen molar-refractivity contribution in [3.8, 4) is 5.75 Å². The quantitative estimate of drug-likeness (QED) is 0.215. The SMILES string of the molecule is CC(C)C[C@H](NC(=O)/C=C/c1ccc(OP(=O)(O)O)cc1)C(=O)N1CCC[C@H]1C(=O)N1CCC[C@H]1CCC(N)=O. The topological polar surface area (TPSA) is 180 Å². The molecule has 1 aromatic carbocycles. The number of carbonyl (C=O) groups is 4. The van der Waals surface area contributed by atoms with Gasteiger partial charge in [0.2, 0.25) is 23.6 Å². The maximum atomic E-state index is 13.6. The fourth-order valence-electron chi connectivity index (χ4n) is 5.28. The first-order valence-electron chi connectivity index (χ1n) is 13.6. The summed E-state index contributed by atoms with van der Waals surface area (Å²) in [5.41, 5.74) is 5.89. The van der Waals surface area contributed by atoms with E-state index in [0.717, 1.165) is 12.8 Å². The van der Waals surface area contributed by atoms with Crippen LogP contribution in [0.4, 0.5) is 0 Å². The second-order valence-electron chi connectivity index (χ2n) is 10.7. The Morgan fingerprint density at radius 2 is 1.75 bits per heavy atom. The summed E-state index contributed by atoms with van der Waals surface area (Å²) in [6.07, 6.45) is 6.79. The standard InChI is InChI=1S/C27H39N4O8P/c1-18(2)17-22(29-25(33)14-9-19-7-11-21(12-8-19)39-40(36,37)38)26(34)31-16-4-6-23(31)27(35)30-15-3-5-20(30)10-13-24(28)32/h7-9,11-12,14,18,20,22-23H,3-6,10,13,15-17H2,1-2H3,(H2,28,32)(H,29,33)(H2,36,37,38)/b14-9+/t20-,22-,23-/m0/s1. The van der Waals surface area contributed by atoms with Crippen LogP contribution in [0.3, 0.4) is 0 Å². The lowest BCUT2D eigenvalue weighted by Gasteiger charge is -2.33. The minimum Gasteiger partial charge on any atom is -0.404 e. The first-order chi connectivity index (χ1) is 18.8. The van der Waals surface area contributed by atoms with Crippen LogP contribution in [0, 0.1) is 5.92 Å². The zero-order valence-corrected chi connectivity index (χ0v) is 23.8. The minimum atomic E-state index is -4.67. The highest BCUT2D eigenvalue weighted by Gasteiger charge is 2.41. The molecule has 0 spiro atoms. The summed E-state index contributed by atoms with van der Waals surface area (Å²) >= 11 is 0. The van der Waals surface area contributed by atoms with Crippen molar-refractivity contribution in [3.05, 3.63) is 35.9 Å². The Hall–Kier alpha value is -3.21. The van der Waals surface area contributed by atoms with Crippen LogP contribution in [0.5, 0.6) is 5.75 Å². The van der Waals surface area contributed by atoms with Gasteiger partial charge in [0.25, 0.3) is 0 Å². The zero-order valence-electron chi connectivity index (χ0n) is 22.9. The van der Waals surface area contributed by atoms with E-state index in [1.165, 1.54) is 36.4 Å². The van der Waals surface area contributed by atoms with E-state index in [9.17, 15) is 23.7 Å². The van der Waals surface area contributed by atoms with Crippen LogP contribution in [0.1, 0.15) is 64.4 Å². The van der Waals surface area contributed by atoms with E-state index in [1.807, 2.05) is 13.8 Å². The summed E-state index contributed by atoms with van der Waals surface area (Å²) < 4.78 is 15.5. The molecule has 13 heteroatoms. The lowest BCUT2D eigenvalue weighted by atomic mass is 10.0. The number of amides is 4. The van der Waals surface area contributed by atoms with Gasteiger partial charge in [0.15, 0.2) is 0 Å². The predicted octanol–water partition coefficient (Wildman–Crippen LogP) is 1.95.